The second kappa shape index (κ2) is 3.68. The molecule has 0 radical (unpaired) electrons. The molecule has 0 fully saturated rings. The van der Waals surface area contributed by atoms with E-state index in [4.69, 9.17) is 0 Å². The van der Waals surface area contributed by atoms with Crippen LogP contribution in [0.25, 0.3) is 0 Å². The molecule has 1 heterocycles. The first-order valence-corrected chi connectivity index (χ1v) is 5.32. The molecular formula is C12H13F2NO2. The van der Waals surface area contributed by atoms with E-state index in [-0.39, 0.29) is 11.7 Å². The van der Waals surface area contributed by atoms with Crippen molar-refractivity contribution in [1.29, 1.82) is 0 Å². The Labute approximate surface area is 98.0 Å². The lowest BCUT2D eigenvalue weighted by atomic mass is 10.0. The van der Waals surface area contributed by atoms with E-state index in [2.05, 4.69) is 4.74 Å². The maximum Gasteiger partial charge on any atom is 0.482 e. The van der Waals surface area contributed by atoms with Gasteiger partial charge in [0.25, 0.3) is 0 Å². The van der Waals surface area contributed by atoms with Crippen LogP contribution >= 0.6 is 0 Å². The summed E-state index contributed by atoms with van der Waals surface area (Å²) < 4.78 is 31.0. The summed E-state index contributed by atoms with van der Waals surface area (Å²) in [4.78, 5) is 12.2. The quantitative estimate of drug-likeness (QED) is 0.756. The average molecular weight is 241 g/mol. The number of amides is 1. The van der Waals surface area contributed by atoms with Gasteiger partial charge in [-0.25, -0.2) is 0 Å². The van der Waals surface area contributed by atoms with E-state index < -0.39 is 12.0 Å². The van der Waals surface area contributed by atoms with Crippen LogP contribution in [0, 0.1) is 0 Å². The van der Waals surface area contributed by atoms with Crippen LogP contribution < -0.4 is 9.64 Å². The normalized spacial score (nSPS) is 18.0. The number of nitrogens with zero attached hydrogens (tertiary/aromatic N) is 1. The van der Waals surface area contributed by atoms with E-state index in [1.54, 1.807) is 18.2 Å². The molecule has 0 N–H and O–H groups in total. The Morgan fingerprint density at radius 2 is 2.00 bits per heavy atom. The van der Waals surface area contributed by atoms with Crippen LogP contribution in [0.1, 0.15) is 25.3 Å². The number of ether oxygens (including phenoxy) is 1. The van der Waals surface area contributed by atoms with Gasteiger partial charge < -0.3 is 9.64 Å². The number of likely N-dealkylation sites (N-methyl/N-ethyl adjacent to an activating group) is 1. The highest BCUT2D eigenvalue weighted by Gasteiger charge is 2.49. The topological polar surface area (TPSA) is 29.5 Å². The van der Waals surface area contributed by atoms with Crippen LogP contribution in [0.15, 0.2) is 18.2 Å². The minimum atomic E-state index is -3.78. The molecule has 0 saturated heterocycles. The van der Waals surface area contributed by atoms with Crippen LogP contribution in [-0.4, -0.2) is 19.1 Å². The molecule has 1 aromatic rings. The van der Waals surface area contributed by atoms with E-state index >= 15 is 0 Å². The van der Waals surface area contributed by atoms with E-state index in [1.807, 2.05) is 13.8 Å². The Morgan fingerprint density at radius 3 is 2.59 bits per heavy atom. The molecule has 92 valence electrons. The molecule has 1 aliphatic heterocycles. The number of fused-ring (bicyclic) bond motifs is 1. The first kappa shape index (κ1) is 11.8. The summed E-state index contributed by atoms with van der Waals surface area (Å²) >= 11 is 0. The smallest absolute Gasteiger partial charge is 0.423 e. The van der Waals surface area contributed by atoms with Crippen molar-refractivity contribution < 1.29 is 18.3 Å². The number of benzene rings is 1. The molecule has 0 aromatic heterocycles. The number of alkyl halides is 2. The monoisotopic (exact) mass is 241 g/mol. The number of hydrogen-bond acceptors (Lipinski definition) is 2. The number of halogens is 2. The van der Waals surface area contributed by atoms with Crippen molar-refractivity contribution in [3.63, 3.8) is 0 Å². The van der Waals surface area contributed by atoms with Gasteiger partial charge in [0.2, 0.25) is 0 Å². The van der Waals surface area contributed by atoms with Gasteiger partial charge in [-0.05, 0) is 23.6 Å². The molecule has 1 aliphatic rings. The molecule has 5 heteroatoms. The van der Waals surface area contributed by atoms with Crippen molar-refractivity contribution >= 4 is 11.6 Å². The third-order valence-corrected chi connectivity index (χ3v) is 2.80. The van der Waals surface area contributed by atoms with Crippen LogP contribution in [0.5, 0.6) is 5.75 Å². The van der Waals surface area contributed by atoms with Gasteiger partial charge >= 0.3 is 12.0 Å². The third kappa shape index (κ3) is 1.85. The van der Waals surface area contributed by atoms with Gasteiger partial charge in [-0.15, -0.1) is 0 Å². The summed E-state index contributed by atoms with van der Waals surface area (Å²) in [5, 5.41) is 0. The zero-order valence-electron chi connectivity index (χ0n) is 9.83. The molecule has 1 aromatic carbocycles. The summed E-state index contributed by atoms with van der Waals surface area (Å²) in [5.74, 6) is -1.09. The summed E-state index contributed by atoms with van der Waals surface area (Å²) in [7, 11) is 1.31. The Morgan fingerprint density at radius 1 is 1.35 bits per heavy atom. The summed E-state index contributed by atoms with van der Waals surface area (Å²) in [6, 6.07) is 4.98. The fourth-order valence-electron chi connectivity index (χ4n) is 1.74. The number of hydrogen-bond donors (Lipinski definition) is 0. The van der Waals surface area contributed by atoms with Crippen molar-refractivity contribution in [2.45, 2.75) is 25.9 Å². The van der Waals surface area contributed by atoms with Gasteiger partial charge in [0.05, 0.1) is 5.69 Å². The van der Waals surface area contributed by atoms with Crippen molar-refractivity contribution in [3.8, 4) is 5.75 Å². The number of anilines is 1. The lowest BCUT2D eigenvalue weighted by molar-refractivity contribution is -0.192. The average Bonchev–Trinajstić information content (AvgIpc) is 2.25. The van der Waals surface area contributed by atoms with Crippen molar-refractivity contribution in [2.75, 3.05) is 11.9 Å². The largest absolute Gasteiger partial charge is 0.482 e. The number of carbonyl (C=O) groups is 1. The molecule has 2 rings (SSSR count). The molecule has 0 unspecified atom stereocenters. The van der Waals surface area contributed by atoms with Gasteiger partial charge in [0.15, 0.2) is 5.75 Å². The van der Waals surface area contributed by atoms with Gasteiger partial charge in [-0.2, -0.15) is 8.78 Å². The summed E-state index contributed by atoms with van der Waals surface area (Å²) in [5.41, 5.74) is 1.26. The van der Waals surface area contributed by atoms with Crippen LogP contribution in [-0.2, 0) is 4.79 Å². The number of carbonyl (C=O) groups excluding carboxylic acids is 1. The second-order valence-electron chi connectivity index (χ2n) is 4.36. The van der Waals surface area contributed by atoms with E-state index in [0.717, 1.165) is 10.5 Å². The molecule has 0 atom stereocenters. The predicted molar refractivity (Wildman–Crippen MR) is 59.5 cm³/mol. The molecule has 1 amide bonds. The lowest BCUT2D eigenvalue weighted by Gasteiger charge is -2.31. The van der Waals surface area contributed by atoms with Gasteiger partial charge in [0, 0.05) is 7.05 Å². The summed E-state index contributed by atoms with van der Waals surface area (Å²) in [6.45, 7) is 3.91. The minimum absolute atomic E-state index is 0.0447. The van der Waals surface area contributed by atoms with Gasteiger partial charge in [-0.3, -0.25) is 4.79 Å². The fourth-order valence-corrected chi connectivity index (χ4v) is 1.74. The zero-order chi connectivity index (χ0) is 12.8. The van der Waals surface area contributed by atoms with Crippen LogP contribution in [0.2, 0.25) is 0 Å². The highest BCUT2D eigenvalue weighted by Crippen LogP contribution is 2.39. The highest BCUT2D eigenvalue weighted by atomic mass is 19.3. The molecule has 0 saturated carbocycles. The van der Waals surface area contributed by atoms with Gasteiger partial charge in [-0.1, -0.05) is 19.9 Å². The zero-order valence-corrected chi connectivity index (χ0v) is 9.83. The summed E-state index contributed by atoms with van der Waals surface area (Å²) in [6.07, 6.45) is -3.78. The van der Waals surface area contributed by atoms with Crippen molar-refractivity contribution in [2.24, 2.45) is 0 Å². The first-order chi connectivity index (χ1) is 7.83. The first-order valence-electron chi connectivity index (χ1n) is 5.32. The van der Waals surface area contributed by atoms with Crippen molar-refractivity contribution in [3.05, 3.63) is 23.8 Å². The van der Waals surface area contributed by atoms with E-state index in [0.29, 0.717) is 5.69 Å². The minimum Gasteiger partial charge on any atom is -0.423 e. The Balaban J connectivity index is 2.50. The SMILES string of the molecule is CC(C)c1ccc2c(c1)OC(F)(F)C(=O)N2C. The Hall–Kier alpha value is -1.65. The van der Waals surface area contributed by atoms with E-state index in [1.165, 1.54) is 7.05 Å². The Kier molecular flexibility index (Phi) is 2.56. The molecule has 3 nitrogen and oxygen atoms in total. The molecule has 0 bridgehead atoms. The van der Waals surface area contributed by atoms with Crippen molar-refractivity contribution in [1.82, 2.24) is 0 Å². The van der Waals surface area contributed by atoms with Crippen LogP contribution in [0.4, 0.5) is 14.5 Å². The fraction of sp³-hybridized carbons (Fsp3) is 0.417. The van der Waals surface area contributed by atoms with Gasteiger partial charge in [0.1, 0.15) is 0 Å². The van der Waals surface area contributed by atoms with Crippen LogP contribution in [0.3, 0.4) is 0 Å². The predicted octanol–water partition coefficient (Wildman–Crippen LogP) is 2.76. The maximum absolute atomic E-state index is 13.2. The van der Waals surface area contributed by atoms with E-state index in [9.17, 15) is 13.6 Å². The highest BCUT2D eigenvalue weighted by molar-refractivity contribution is 6.00. The lowest BCUT2D eigenvalue weighted by Crippen LogP contribution is -2.49. The number of rotatable bonds is 1. The molecule has 0 aliphatic carbocycles. The third-order valence-electron chi connectivity index (χ3n) is 2.80. The molecule has 17 heavy (non-hydrogen) atoms. The maximum atomic E-state index is 13.2. The Bertz CT molecular complexity index is 472. The second-order valence-corrected chi connectivity index (χ2v) is 4.36. The standard InChI is InChI=1S/C12H13F2NO2/c1-7(2)8-4-5-9-10(6-8)17-12(13,14)11(16)15(9)3/h4-7H,1-3H3. The molecular weight excluding hydrogens is 228 g/mol. The molecule has 0 spiro atoms.